The summed E-state index contributed by atoms with van der Waals surface area (Å²) < 4.78 is 3.53. The van der Waals surface area contributed by atoms with E-state index in [1.807, 2.05) is 56.1 Å². The van der Waals surface area contributed by atoms with Gasteiger partial charge in [0.05, 0.1) is 11.4 Å². The molecular weight excluding hydrogens is 310 g/mol. The van der Waals surface area contributed by atoms with Crippen LogP contribution in [-0.2, 0) is 7.05 Å². The van der Waals surface area contributed by atoms with Crippen LogP contribution in [0.2, 0.25) is 0 Å². The predicted octanol–water partition coefficient (Wildman–Crippen LogP) is 2.59. The molecule has 0 aliphatic carbocycles. The first-order valence-corrected chi connectivity index (χ1v) is 8.16. The van der Waals surface area contributed by atoms with E-state index >= 15 is 0 Å². The number of aromatic nitrogens is 5. The molecule has 0 aliphatic rings. The smallest absolute Gasteiger partial charge is 0.214 e. The molecule has 0 atom stereocenters. The zero-order valence-electron chi connectivity index (χ0n) is 13.2. The van der Waals surface area contributed by atoms with E-state index < -0.39 is 0 Å². The molecule has 0 bridgehead atoms. The summed E-state index contributed by atoms with van der Waals surface area (Å²) in [4.78, 5) is 12.2. The lowest BCUT2D eigenvalue weighted by Crippen LogP contribution is -2.04. The Kier molecular flexibility index (Phi) is 4.29. The molecule has 0 amide bonds. The highest BCUT2D eigenvalue weighted by atomic mass is 32.2. The van der Waals surface area contributed by atoms with Crippen LogP contribution in [0, 0.1) is 13.8 Å². The van der Waals surface area contributed by atoms with Crippen LogP contribution in [0.25, 0.3) is 5.69 Å². The Bertz CT molecular complexity index is 832. The number of tetrazole rings is 1. The zero-order chi connectivity index (χ0) is 16.4. The number of hydrogen-bond acceptors (Lipinski definition) is 5. The summed E-state index contributed by atoms with van der Waals surface area (Å²) in [6, 6.07) is 7.95. The Morgan fingerprint density at radius 1 is 1.22 bits per heavy atom. The van der Waals surface area contributed by atoms with Crippen molar-refractivity contribution in [3.8, 4) is 5.69 Å². The molecule has 2 aromatic heterocycles. The van der Waals surface area contributed by atoms with Crippen LogP contribution in [0.4, 0.5) is 0 Å². The molecule has 0 unspecified atom stereocenters. The maximum absolute atomic E-state index is 12.2. The molecule has 2 heterocycles. The Labute approximate surface area is 138 Å². The van der Waals surface area contributed by atoms with Crippen molar-refractivity contribution >= 4 is 17.5 Å². The molecule has 0 saturated heterocycles. The van der Waals surface area contributed by atoms with E-state index in [-0.39, 0.29) is 5.78 Å². The molecule has 0 fully saturated rings. The highest BCUT2D eigenvalue weighted by Crippen LogP contribution is 2.21. The number of carbonyl (C=O) groups is 1. The molecule has 3 rings (SSSR count). The SMILES string of the molecule is Cc1cc(C)cc(-n2nnnc2SCC(=O)c2ccn(C)c2)c1. The maximum Gasteiger partial charge on any atom is 0.214 e. The lowest BCUT2D eigenvalue weighted by atomic mass is 10.1. The van der Waals surface area contributed by atoms with Crippen molar-refractivity contribution in [3.05, 3.63) is 53.3 Å². The molecule has 0 spiro atoms. The van der Waals surface area contributed by atoms with E-state index in [4.69, 9.17) is 0 Å². The fourth-order valence-electron chi connectivity index (χ4n) is 2.39. The first-order chi connectivity index (χ1) is 11.0. The summed E-state index contributed by atoms with van der Waals surface area (Å²) in [5.74, 6) is 0.361. The fourth-order valence-corrected chi connectivity index (χ4v) is 3.17. The number of ketones is 1. The summed E-state index contributed by atoms with van der Waals surface area (Å²) in [5, 5.41) is 12.4. The van der Waals surface area contributed by atoms with Crippen molar-refractivity contribution in [3.63, 3.8) is 0 Å². The van der Waals surface area contributed by atoms with Gasteiger partial charge in [-0.05, 0) is 53.6 Å². The monoisotopic (exact) mass is 327 g/mol. The third-order valence-electron chi connectivity index (χ3n) is 3.38. The minimum absolute atomic E-state index is 0.0607. The number of Topliss-reactive ketones (excluding diaryl/α,β-unsaturated/α-hetero) is 1. The Hall–Kier alpha value is -2.41. The third-order valence-corrected chi connectivity index (χ3v) is 4.30. The number of carbonyl (C=O) groups excluding carboxylic acids is 1. The van der Waals surface area contributed by atoms with Crippen molar-refractivity contribution in [1.82, 2.24) is 24.8 Å². The van der Waals surface area contributed by atoms with E-state index in [0.717, 1.165) is 16.8 Å². The Balaban J connectivity index is 1.77. The third kappa shape index (κ3) is 3.50. The standard InChI is InChI=1S/C16H17N5OS/c1-11-6-12(2)8-14(7-11)21-16(17-18-19-21)23-10-15(22)13-4-5-20(3)9-13/h4-9H,10H2,1-3H3. The Morgan fingerprint density at radius 2 is 1.96 bits per heavy atom. The molecule has 0 radical (unpaired) electrons. The molecule has 7 heteroatoms. The van der Waals surface area contributed by atoms with Crippen LogP contribution in [0.5, 0.6) is 0 Å². The molecule has 23 heavy (non-hydrogen) atoms. The summed E-state index contributed by atoms with van der Waals surface area (Å²) in [6.07, 6.45) is 3.67. The first-order valence-electron chi connectivity index (χ1n) is 7.18. The van der Waals surface area contributed by atoms with Gasteiger partial charge in [-0.25, -0.2) is 0 Å². The zero-order valence-corrected chi connectivity index (χ0v) is 14.0. The highest BCUT2D eigenvalue weighted by Gasteiger charge is 2.13. The number of benzene rings is 1. The molecule has 0 saturated carbocycles. The second-order valence-corrected chi connectivity index (χ2v) is 6.44. The van der Waals surface area contributed by atoms with Crippen LogP contribution in [0.3, 0.4) is 0 Å². The van der Waals surface area contributed by atoms with Gasteiger partial charge in [-0.2, -0.15) is 4.68 Å². The van der Waals surface area contributed by atoms with Gasteiger partial charge in [-0.3, -0.25) is 4.79 Å². The number of thioether (sulfide) groups is 1. The second kappa shape index (κ2) is 6.37. The van der Waals surface area contributed by atoms with Crippen LogP contribution >= 0.6 is 11.8 Å². The summed E-state index contributed by atoms with van der Waals surface area (Å²) >= 11 is 1.34. The topological polar surface area (TPSA) is 65.6 Å². The number of aryl methyl sites for hydroxylation is 3. The van der Waals surface area contributed by atoms with Crippen LogP contribution in [0.15, 0.2) is 41.8 Å². The Morgan fingerprint density at radius 3 is 2.61 bits per heavy atom. The van der Waals surface area contributed by atoms with Gasteiger partial charge in [0.25, 0.3) is 0 Å². The van der Waals surface area contributed by atoms with Crippen molar-refractivity contribution in [1.29, 1.82) is 0 Å². The number of nitrogens with zero attached hydrogens (tertiary/aromatic N) is 5. The highest BCUT2D eigenvalue weighted by molar-refractivity contribution is 7.99. The van der Waals surface area contributed by atoms with Gasteiger partial charge in [0.1, 0.15) is 0 Å². The summed E-state index contributed by atoms with van der Waals surface area (Å²) in [7, 11) is 1.89. The minimum atomic E-state index is 0.0607. The molecule has 3 aromatic rings. The second-order valence-electron chi connectivity index (χ2n) is 5.50. The largest absolute Gasteiger partial charge is 0.357 e. The predicted molar refractivity (Wildman–Crippen MR) is 89.1 cm³/mol. The van der Waals surface area contributed by atoms with E-state index in [0.29, 0.717) is 16.5 Å². The van der Waals surface area contributed by atoms with Crippen molar-refractivity contribution in [2.45, 2.75) is 19.0 Å². The quantitative estimate of drug-likeness (QED) is 0.532. The average Bonchev–Trinajstić information content (AvgIpc) is 3.12. The molecule has 0 N–H and O–H groups in total. The first kappa shape index (κ1) is 15.5. The van der Waals surface area contributed by atoms with Gasteiger partial charge in [0.15, 0.2) is 5.78 Å². The summed E-state index contributed by atoms with van der Waals surface area (Å²) in [6.45, 7) is 4.07. The average molecular weight is 327 g/mol. The lowest BCUT2D eigenvalue weighted by molar-refractivity contribution is 0.102. The van der Waals surface area contributed by atoms with Crippen molar-refractivity contribution < 1.29 is 4.79 Å². The molecule has 1 aromatic carbocycles. The minimum Gasteiger partial charge on any atom is -0.357 e. The van der Waals surface area contributed by atoms with Crippen molar-refractivity contribution in [2.24, 2.45) is 7.05 Å². The van der Waals surface area contributed by atoms with E-state index in [1.54, 1.807) is 4.68 Å². The normalized spacial score (nSPS) is 10.9. The fraction of sp³-hybridized carbons (Fsp3) is 0.250. The van der Waals surface area contributed by atoms with Gasteiger partial charge in [-0.15, -0.1) is 5.10 Å². The molecule has 118 valence electrons. The van der Waals surface area contributed by atoms with Gasteiger partial charge >= 0.3 is 0 Å². The maximum atomic E-state index is 12.2. The summed E-state index contributed by atoms with van der Waals surface area (Å²) in [5.41, 5.74) is 3.89. The van der Waals surface area contributed by atoms with E-state index in [1.165, 1.54) is 11.8 Å². The van der Waals surface area contributed by atoms with Crippen LogP contribution in [-0.4, -0.2) is 36.3 Å². The van der Waals surface area contributed by atoms with Gasteiger partial charge < -0.3 is 4.57 Å². The number of hydrogen-bond donors (Lipinski definition) is 0. The lowest BCUT2D eigenvalue weighted by Gasteiger charge is -2.06. The van der Waals surface area contributed by atoms with Crippen LogP contribution < -0.4 is 0 Å². The molecule has 6 nitrogen and oxygen atoms in total. The van der Waals surface area contributed by atoms with Crippen LogP contribution in [0.1, 0.15) is 21.5 Å². The van der Waals surface area contributed by atoms with Crippen molar-refractivity contribution in [2.75, 3.05) is 5.75 Å². The van der Waals surface area contributed by atoms with Gasteiger partial charge in [-0.1, -0.05) is 17.8 Å². The molecule has 0 aliphatic heterocycles. The van der Waals surface area contributed by atoms with Gasteiger partial charge in [0, 0.05) is 25.0 Å². The van der Waals surface area contributed by atoms with E-state index in [9.17, 15) is 4.79 Å². The molecular formula is C16H17N5OS. The van der Waals surface area contributed by atoms with Gasteiger partial charge in [0.2, 0.25) is 5.16 Å². The van der Waals surface area contributed by atoms with E-state index in [2.05, 4.69) is 21.6 Å². The number of rotatable bonds is 5.